The zero-order valence-electron chi connectivity index (χ0n) is 9.99. The van der Waals surface area contributed by atoms with Crippen LogP contribution in [0.3, 0.4) is 0 Å². The average molecular weight is 232 g/mol. The number of carbonyl (C=O) groups excluding carboxylic acids is 2. The van der Waals surface area contributed by atoms with Gasteiger partial charge in [0.1, 0.15) is 0 Å². The Bertz CT molecular complexity index is 442. The van der Waals surface area contributed by atoms with Crippen LogP contribution in [0.25, 0.3) is 0 Å². The summed E-state index contributed by atoms with van der Waals surface area (Å²) in [4.78, 5) is 23.4. The Hall–Kier alpha value is -1.84. The maximum absolute atomic E-state index is 12.2. The van der Waals surface area contributed by atoms with Crippen LogP contribution in [0, 0.1) is 5.92 Å². The van der Waals surface area contributed by atoms with Gasteiger partial charge >= 0.3 is 6.03 Å². The molecule has 0 aromatic heterocycles. The van der Waals surface area contributed by atoms with Gasteiger partial charge in [0.15, 0.2) is 0 Å². The number of nitrogens with one attached hydrogen (secondary N) is 2. The van der Waals surface area contributed by atoms with Gasteiger partial charge in [-0.3, -0.25) is 10.1 Å². The van der Waals surface area contributed by atoms with Crippen LogP contribution >= 0.6 is 0 Å². The molecule has 4 heteroatoms. The van der Waals surface area contributed by atoms with Crippen LogP contribution in [0.1, 0.15) is 19.4 Å². The lowest BCUT2D eigenvalue weighted by molar-refractivity contribution is -0.128. The van der Waals surface area contributed by atoms with Crippen molar-refractivity contribution in [3.8, 4) is 0 Å². The number of imide groups is 1. The standard InChI is InChI=1S/C13H16N2O2/c1-9(2)13(10-6-4-3-5-7-10)8-14-12(17)15-11(13)16/h3-7,9H,8H2,1-2H3,(H2,14,15,16,17)/t13-/m1/s1. The van der Waals surface area contributed by atoms with Gasteiger partial charge in [-0.1, -0.05) is 44.2 Å². The largest absolute Gasteiger partial charge is 0.336 e. The van der Waals surface area contributed by atoms with Crippen molar-refractivity contribution in [3.05, 3.63) is 35.9 Å². The van der Waals surface area contributed by atoms with Crippen molar-refractivity contribution in [1.82, 2.24) is 10.6 Å². The molecule has 1 atom stereocenters. The Labute approximate surface area is 100 Å². The molecule has 1 saturated heterocycles. The summed E-state index contributed by atoms with van der Waals surface area (Å²) in [5, 5.41) is 5.07. The highest BCUT2D eigenvalue weighted by Crippen LogP contribution is 2.33. The maximum atomic E-state index is 12.2. The summed E-state index contributed by atoms with van der Waals surface area (Å²) in [6, 6.07) is 9.17. The molecule has 1 aliphatic heterocycles. The lowest BCUT2D eigenvalue weighted by Crippen LogP contribution is -2.63. The quantitative estimate of drug-likeness (QED) is 0.810. The second-order valence-corrected chi connectivity index (χ2v) is 4.63. The van der Waals surface area contributed by atoms with E-state index in [2.05, 4.69) is 10.6 Å². The molecule has 0 bridgehead atoms. The molecular formula is C13H16N2O2. The van der Waals surface area contributed by atoms with Crippen molar-refractivity contribution >= 4 is 11.9 Å². The summed E-state index contributed by atoms with van der Waals surface area (Å²) in [5.41, 5.74) is 0.266. The van der Waals surface area contributed by atoms with Gasteiger partial charge in [-0.2, -0.15) is 0 Å². The first kappa shape index (κ1) is 11.6. The number of hydrogen-bond donors (Lipinski definition) is 2. The van der Waals surface area contributed by atoms with E-state index in [0.29, 0.717) is 6.54 Å². The smallest absolute Gasteiger partial charge is 0.321 e. The normalized spacial score (nSPS) is 24.4. The molecule has 1 fully saturated rings. The molecule has 0 spiro atoms. The summed E-state index contributed by atoms with van der Waals surface area (Å²) < 4.78 is 0. The highest BCUT2D eigenvalue weighted by atomic mass is 16.2. The Morgan fingerprint density at radius 3 is 2.35 bits per heavy atom. The molecule has 0 radical (unpaired) electrons. The number of urea groups is 1. The van der Waals surface area contributed by atoms with Crippen molar-refractivity contribution in [2.24, 2.45) is 5.92 Å². The number of benzene rings is 1. The molecule has 1 aromatic carbocycles. The van der Waals surface area contributed by atoms with Crippen molar-refractivity contribution < 1.29 is 9.59 Å². The van der Waals surface area contributed by atoms with E-state index < -0.39 is 11.4 Å². The molecule has 2 rings (SSSR count). The van der Waals surface area contributed by atoms with Gasteiger partial charge in [-0.15, -0.1) is 0 Å². The van der Waals surface area contributed by atoms with E-state index in [1.165, 1.54) is 0 Å². The molecule has 1 aliphatic rings. The van der Waals surface area contributed by atoms with Crippen molar-refractivity contribution in [3.63, 3.8) is 0 Å². The Morgan fingerprint density at radius 2 is 1.82 bits per heavy atom. The molecule has 0 saturated carbocycles. The zero-order valence-corrected chi connectivity index (χ0v) is 9.99. The van der Waals surface area contributed by atoms with E-state index in [1.807, 2.05) is 44.2 Å². The van der Waals surface area contributed by atoms with E-state index in [0.717, 1.165) is 5.56 Å². The molecular weight excluding hydrogens is 216 g/mol. The highest BCUT2D eigenvalue weighted by Gasteiger charge is 2.46. The van der Waals surface area contributed by atoms with Gasteiger partial charge in [-0.25, -0.2) is 4.79 Å². The van der Waals surface area contributed by atoms with Crippen molar-refractivity contribution in [2.75, 3.05) is 6.54 Å². The number of amides is 3. The molecule has 3 amide bonds. The van der Waals surface area contributed by atoms with Gasteiger partial charge in [0.05, 0.1) is 5.41 Å². The fraction of sp³-hybridized carbons (Fsp3) is 0.385. The van der Waals surface area contributed by atoms with Gasteiger partial charge in [0, 0.05) is 6.54 Å². The summed E-state index contributed by atoms with van der Waals surface area (Å²) >= 11 is 0. The van der Waals surface area contributed by atoms with Gasteiger partial charge in [0.25, 0.3) is 0 Å². The predicted molar refractivity (Wildman–Crippen MR) is 64.5 cm³/mol. The lowest BCUT2D eigenvalue weighted by Gasteiger charge is -2.39. The molecule has 0 aliphatic carbocycles. The van der Waals surface area contributed by atoms with E-state index in [-0.39, 0.29) is 11.8 Å². The average Bonchev–Trinajstić information content (AvgIpc) is 2.30. The fourth-order valence-corrected chi connectivity index (χ4v) is 2.33. The Morgan fingerprint density at radius 1 is 1.18 bits per heavy atom. The third kappa shape index (κ3) is 1.79. The molecule has 90 valence electrons. The first-order valence-electron chi connectivity index (χ1n) is 5.72. The zero-order chi connectivity index (χ0) is 12.5. The minimum absolute atomic E-state index is 0.102. The van der Waals surface area contributed by atoms with Crippen LogP contribution in [-0.2, 0) is 10.2 Å². The summed E-state index contributed by atoms with van der Waals surface area (Å²) in [6.07, 6.45) is 0. The number of rotatable bonds is 2. The fourth-order valence-electron chi connectivity index (χ4n) is 2.33. The number of carbonyl (C=O) groups is 2. The van der Waals surface area contributed by atoms with Crippen LogP contribution < -0.4 is 10.6 Å². The molecule has 17 heavy (non-hydrogen) atoms. The lowest BCUT2D eigenvalue weighted by atomic mass is 9.70. The SMILES string of the molecule is CC(C)[C@@]1(c2ccccc2)CNC(=O)NC1=O. The topological polar surface area (TPSA) is 58.2 Å². The number of hydrogen-bond acceptors (Lipinski definition) is 2. The third-order valence-corrected chi connectivity index (χ3v) is 3.43. The highest BCUT2D eigenvalue weighted by molar-refractivity contribution is 6.03. The summed E-state index contributed by atoms with van der Waals surface area (Å²) in [5.74, 6) is -0.118. The molecule has 4 nitrogen and oxygen atoms in total. The minimum Gasteiger partial charge on any atom is -0.336 e. The van der Waals surface area contributed by atoms with Gasteiger partial charge in [-0.05, 0) is 11.5 Å². The predicted octanol–water partition coefficient (Wildman–Crippen LogP) is 1.42. The van der Waals surface area contributed by atoms with Crippen LogP contribution in [0.15, 0.2) is 30.3 Å². The van der Waals surface area contributed by atoms with E-state index in [1.54, 1.807) is 0 Å². The minimum atomic E-state index is -0.671. The molecule has 1 aromatic rings. The van der Waals surface area contributed by atoms with Gasteiger partial charge < -0.3 is 5.32 Å². The van der Waals surface area contributed by atoms with Crippen LogP contribution in [0.4, 0.5) is 4.79 Å². The molecule has 2 N–H and O–H groups in total. The summed E-state index contributed by atoms with van der Waals surface area (Å²) in [6.45, 7) is 4.33. The maximum Gasteiger partial charge on any atom is 0.321 e. The first-order chi connectivity index (χ1) is 8.07. The third-order valence-electron chi connectivity index (χ3n) is 3.43. The van der Waals surface area contributed by atoms with Gasteiger partial charge in [0.2, 0.25) is 5.91 Å². The van der Waals surface area contributed by atoms with E-state index >= 15 is 0 Å². The molecule has 1 heterocycles. The van der Waals surface area contributed by atoms with Crippen LogP contribution in [0.5, 0.6) is 0 Å². The van der Waals surface area contributed by atoms with Crippen molar-refractivity contribution in [2.45, 2.75) is 19.3 Å². The van der Waals surface area contributed by atoms with E-state index in [9.17, 15) is 9.59 Å². The molecule has 0 unspecified atom stereocenters. The second-order valence-electron chi connectivity index (χ2n) is 4.63. The first-order valence-corrected chi connectivity index (χ1v) is 5.72. The monoisotopic (exact) mass is 232 g/mol. The summed E-state index contributed by atoms with van der Waals surface area (Å²) in [7, 11) is 0. The van der Waals surface area contributed by atoms with Crippen LogP contribution in [0.2, 0.25) is 0 Å². The Balaban J connectivity index is 2.47. The second kappa shape index (κ2) is 4.20. The van der Waals surface area contributed by atoms with Crippen LogP contribution in [-0.4, -0.2) is 18.5 Å². The van der Waals surface area contributed by atoms with E-state index in [4.69, 9.17) is 0 Å². The van der Waals surface area contributed by atoms with Crippen molar-refractivity contribution in [1.29, 1.82) is 0 Å². The Kier molecular flexibility index (Phi) is 2.88.